The van der Waals surface area contributed by atoms with E-state index in [0.29, 0.717) is 5.92 Å². The summed E-state index contributed by atoms with van der Waals surface area (Å²) in [5, 5.41) is 19.3. The number of likely N-dealkylation sites (tertiary alicyclic amines) is 1. The molecule has 0 aliphatic carbocycles. The van der Waals surface area contributed by atoms with Crippen molar-refractivity contribution < 1.29 is 29.3 Å². The molecule has 0 bridgehead atoms. The number of amides is 1. The molecule has 1 amide bonds. The van der Waals surface area contributed by atoms with Crippen molar-refractivity contribution in [1.29, 1.82) is 0 Å². The van der Waals surface area contributed by atoms with Crippen molar-refractivity contribution in [2.24, 2.45) is 17.8 Å². The summed E-state index contributed by atoms with van der Waals surface area (Å²) in [5.41, 5.74) is -0.668. The third-order valence-corrected chi connectivity index (χ3v) is 5.30. The maximum atomic E-state index is 13.3. The van der Waals surface area contributed by atoms with Crippen molar-refractivity contribution in [3.05, 3.63) is 12.7 Å². The van der Waals surface area contributed by atoms with Crippen LogP contribution in [0.25, 0.3) is 0 Å². The van der Waals surface area contributed by atoms with E-state index in [2.05, 4.69) is 13.5 Å². The number of allylic oxidation sites excluding steroid dienone is 1. The van der Waals surface area contributed by atoms with E-state index in [1.54, 1.807) is 20.8 Å². The van der Waals surface area contributed by atoms with Crippen LogP contribution < -0.4 is 0 Å². The summed E-state index contributed by atoms with van der Waals surface area (Å²) in [6.07, 6.45) is 3.41. The Morgan fingerprint density at radius 1 is 1.28 bits per heavy atom. The molecule has 5 atom stereocenters. The first-order valence-corrected chi connectivity index (χ1v) is 10.4. The monoisotopic (exact) mass is 411 g/mol. The molecule has 0 aromatic carbocycles. The molecule has 7 heteroatoms. The molecule has 1 aliphatic rings. The minimum Gasteiger partial charge on any atom is -0.480 e. The zero-order valence-electron chi connectivity index (χ0n) is 18.4. The average molecular weight is 412 g/mol. The molecule has 1 fully saturated rings. The summed E-state index contributed by atoms with van der Waals surface area (Å²) in [6.45, 7) is 13.0. The van der Waals surface area contributed by atoms with Crippen LogP contribution in [0.4, 0.5) is 0 Å². The van der Waals surface area contributed by atoms with E-state index in [-0.39, 0.29) is 25.3 Å². The number of ether oxygens (including phenoxy) is 1. The number of carbonyl (C=O) groups is 3. The largest absolute Gasteiger partial charge is 0.480 e. The lowest BCUT2D eigenvalue weighted by molar-refractivity contribution is -0.160. The van der Waals surface area contributed by atoms with Gasteiger partial charge in [-0.25, -0.2) is 4.79 Å². The normalized spacial score (nSPS) is 22.6. The van der Waals surface area contributed by atoms with Gasteiger partial charge < -0.3 is 19.8 Å². The lowest BCUT2D eigenvalue weighted by atomic mass is 9.82. The van der Waals surface area contributed by atoms with Gasteiger partial charge in [0.25, 0.3) is 0 Å². The van der Waals surface area contributed by atoms with E-state index in [0.717, 1.165) is 19.3 Å². The predicted molar refractivity (Wildman–Crippen MR) is 110 cm³/mol. The highest BCUT2D eigenvalue weighted by molar-refractivity contribution is 5.88. The van der Waals surface area contributed by atoms with Crippen LogP contribution in [0.15, 0.2) is 12.7 Å². The van der Waals surface area contributed by atoms with Crippen molar-refractivity contribution >= 4 is 17.8 Å². The summed E-state index contributed by atoms with van der Waals surface area (Å²) in [4.78, 5) is 38.5. The molecule has 1 rings (SSSR count). The summed E-state index contributed by atoms with van der Waals surface area (Å²) in [6, 6.07) is -1.07. The number of aliphatic carboxylic acids is 1. The number of aliphatic hydroxyl groups excluding tert-OH is 1. The van der Waals surface area contributed by atoms with Gasteiger partial charge in [0.05, 0.1) is 18.4 Å². The average Bonchev–Trinajstić information content (AvgIpc) is 2.97. The number of rotatable bonds is 10. The molecule has 166 valence electrons. The van der Waals surface area contributed by atoms with Crippen molar-refractivity contribution in [2.45, 2.75) is 84.5 Å². The van der Waals surface area contributed by atoms with Crippen molar-refractivity contribution in [1.82, 2.24) is 4.90 Å². The number of hydrogen-bond donors (Lipinski definition) is 2. The Bertz CT molecular complexity index is 597. The molecule has 0 saturated carbocycles. The minimum atomic E-state index is -1.14. The Balaban J connectivity index is 3.01. The fourth-order valence-electron chi connectivity index (χ4n) is 3.92. The fraction of sp³-hybridized carbons (Fsp3) is 0.773. The smallest absolute Gasteiger partial charge is 0.326 e. The summed E-state index contributed by atoms with van der Waals surface area (Å²) >= 11 is 0. The molecule has 1 heterocycles. The lowest BCUT2D eigenvalue weighted by Gasteiger charge is -2.31. The van der Waals surface area contributed by atoms with Crippen LogP contribution in [0.3, 0.4) is 0 Å². The molecule has 2 N–H and O–H groups in total. The SMILES string of the molecule is C=CCCC(C)C[C@@H](C)[C@H](CC(=O)OC(C)(C)C)C(=O)N1C[C@H](O)C[C@H]1C(=O)O. The van der Waals surface area contributed by atoms with Gasteiger partial charge in [-0.05, 0) is 51.9 Å². The van der Waals surface area contributed by atoms with E-state index in [1.807, 2.05) is 13.0 Å². The summed E-state index contributed by atoms with van der Waals surface area (Å²) in [7, 11) is 0. The van der Waals surface area contributed by atoms with Crippen LogP contribution >= 0.6 is 0 Å². The van der Waals surface area contributed by atoms with Crippen molar-refractivity contribution in [2.75, 3.05) is 6.54 Å². The molecular formula is C22H37NO6. The van der Waals surface area contributed by atoms with Gasteiger partial charge in [-0.1, -0.05) is 19.9 Å². The standard InChI is InChI=1S/C22H37NO6/c1-7-8-9-14(2)10-15(3)17(12-19(25)29-22(4,5)6)20(26)23-13-16(24)11-18(23)21(27)28/h7,14-18,24H,1,8-13H2,2-6H3,(H,27,28)/t14?,15-,16-,17+,18+/m1/s1. The second-order valence-corrected chi connectivity index (χ2v) is 9.32. The van der Waals surface area contributed by atoms with Crippen LogP contribution in [0.5, 0.6) is 0 Å². The van der Waals surface area contributed by atoms with E-state index in [4.69, 9.17) is 4.74 Å². The molecule has 1 saturated heterocycles. The third kappa shape index (κ3) is 8.17. The number of β-amino-alcohol motifs (C(OH)–C–C–N with tert-alkyl or cyclic N) is 1. The Kier molecular flexibility index (Phi) is 9.33. The van der Waals surface area contributed by atoms with Gasteiger partial charge >= 0.3 is 11.9 Å². The highest BCUT2D eigenvalue weighted by atomic mass is 16.6. The molecule has 0 aromatic rings. The van der Waals surface area contributed by atoms with Gasteiger partial charge in [0.1, 0.15) is 11.6 Å². The third-order valence-electron chi connectivity index (χ3n) is 5.30. The quantitative estimate of drug-likeness (QED) is 0.423. The number of carboxylic acid groups (broad SMARTS) is 1. The number of nitrogens with zero attached hydrogens (tertiary/aromatic N) is 1. The Morgan fingerprint density at radius 3 is 2.41 bits per heavy atom. The van der Waals surface area contributed by atoms with Crippen LogP contribution in [0.1, 0.15) is 66.7 Å². The zero-order chi connectivity index (χ0) is 22.4. The highest BCUT2D eigenvalue weighted by Gasteiger charge is 2.43. The molecule has 7 nitrogen and oxygen atoms in total. The molecule has 1 unspecified atom stereocenters. The van der Waals surface area contributed by atoms with Gasteiger partial charge in [-0.3, -0.25) is 9.59 Å². The van der Waals surface area contributed by atoms with E-state index in [1.165, 1.54) is 4.90 Å². The minimum absolute atomic E-state index is 0.00431. The van der Waals surface area contributed by atoms with Crippen molar-refractivity contribution in [3.8, 4) is 0 Å². The second kappa shape index (κ2) is 10.8. The first-order chi connectivity index (χ1) is 13.4. The molecule has 29 heavy (non-hydrogen) atoms. The van der Waals surface area contributed by atoms with E-state index < -0.39 is 41.5 Å². The summed E-state index contributed by atoms with van der Waals surface area (Å²) < 4.78 is 5.41. The van der Waals surface area contributed by atoms with Crippen LogP contribution in [-0.4, -0.2) is 57.3 Å². The maximum Gasteiger partial charge on any atom is 0.326 e. The van der Waals surface area contributed by atoms with Gasteiger partial charge in [0, 0.05) is 13.0 Å². The summed E-state index contributed by atoms with van der Waals surface area (Å²) in [5.74, 6) is -2.52. The number of aliphatic hydroxyl groups is 1. The molecule has 1 aliphatic heterocycles. The molecule has 0 radical (unpaired) electrons. The second-order valence-electron chi connectivity index (χ2n) is 9.32. The van der Waals surface area contributed by atoms with E-state index in [9.17, 15) is 24.6 Å². The van der Waals surface area contributed by atoms with Crippen LogP contribution in [0.2, 0.25) is 0 Å². The van der Waals surface area contributed by atoms with Gasteiger partial charge in [-0.15, -0.1) is 6.58 Å². The Labute approximate surface area is 174 Å². The number of carboxylic acids is 1. The maximum absolute atomic E-state index is 13.3. The first kappa shape index (κ1) is 25.1. The van der Waals surface area contributed by atoms with Crippen molar-refractivity contribution in [3.63, 3.8) is 0 Å². The van der Waals surface area contributed by atoms with Gasteiger partial charge in [-0.2, -0.15) is 0 Å². The number of esters is 1. The number of carbonyl (C=O) groups excluding carboxylic acids is 2. The van der Waals surface area contributed by atoms with Gasteiger partial charge in [0.2, 0.25) is 5.91 Å². The predicted octanol–water partition coefficient (Wildman–Crippen LogP) is 3.01. The van der Waals surface area contributed by atoms with Gasteiger partial charge in [0.15, 0.2) is 0 Å². The first-order valence-electron chi connectivity index (χ1n) is 10.4. The zero-order valence-corrected chi connectivity index (χ0v) is 18.4. The number of hydrogen-bond acceptors (Lipinski definition) is 5. The molecular weight excluding hydrogens is 374 g/mol. The lowest BCUT2D eigenvalue weighted by Crippen LogP contribution is -2.46. The fourth-order valence-corrected chi connectivity index (χ4v) is 3.92. The Hall–Kier alpha value is -1.89. The molecule has 0 aromatic heterocycles. The van der Waals surface area contributed by atoms with E-state index >= 15 is 0 Å². The van der Waals surface area contributed by atoms with Crippen LogP contribution in [0, 0.1) is 17.8 Å². The highest BCUT2D eigenvalue weighted by Crippen LogP contribution is 2.31. The van der Waals surface area contributed by atoms with Crippen LogP contribution in [-0.2, 0) is 19.1 Å². The Morgan fingerprint density at radius 2 is 1.90 bits per heavy atom. The molecule has 0 spiro atoms. The topological polar surface area (TPSA) is 104 Å².